The van der Waals surface area contributed by atoms with E-state index in [1.54, 1.807) is 0 Å². The predicted octanol–water partition coefficient (Wildman–Crippen LogP) is -1.11. The van der Waals surface area contributed by atoms with Gasteiger partial charge in [-0.05, 0) is 37.8 Å². The number of nitrogens with one attached hydrogen (secondary N) is 4. The third-order valence-corrected chi connectivity index (χ3v) is 5.61. The van der Waals surface area contributed by atoms with Crippen molar-refractivity contribution >= 4 is 60.7 Å². The first-order chi connectivity index (χ1) is 13.3. The van der Waals surface area contributed by atoms with Gasteiger partial charge in [-0.15, -0.1) is 0 Å². The number of carboxylic acid groups (broad SMARTS) is 1. The van der Waals surface area contributed by atoms with Crippen LogP contribution in [-0.4, -0.2) is 83.0 Å². The summed E-state index contributed by atoms with van der Waals surface area (Å²) in [6.07, 6.45) is 3.76. The molecule has 0 saturated carbocycles. The molecule has 4 unspecified atom stereocenters. The first-order valence-electron chi connectivity index (χ1n) is 8.92. The highest BCUT2D eigenvalue weighted by molar-refractivity contribution is 7.98. The Labute approximate surface area is 179 Å². The molecule has 28 heavy (non-hydrogen) atoms. The lowest BCUT2D eigenvalue weighted by molar-refractivity contribution is -0.141. The first kappa shape index (κ1) is 24.9. The summed E-state index contributed by atoms with van der Waals surface area (Å²) in [4.78, 5) is 48.4. The summed E-state index contributed by atoms with van der Waals surface area (Å²) >= 11 is 9.53. The predicted molar refractivity (Wildman–Crippen MR) is 115 cm³/mol. The van der Waals surface area contributed by atoms with Gasteiger partial charge in [0.25, 0.3) is 0 Å². The van der Waals surface area contributed by atoms with Crippen LogP contribution in [0.15, 0.2) is 0 Å². The van der Waals surface area contributed by atoms with Gasteiger partial charge in [0, 0.05) is 11.5 Å². The highest BCUT2D eigenvalue weighted by Gasteiger charge is 2.30. The molecule has 12 heteroatoms. The van der Waals surface area contributed by atoms with E-state index in [1.807, 2.05) is 6.26 Å². The molecule has 4 atom stereocenters. The Morgan fingerprint density at radius 3 is 2.18 bits per heavy atom. The quantitative estimate of drug-likeness (QED) is 0.187. The first-order valence-corrected chi connectivity index (χ1v) is 11.6. The molecule has 0 aromatic heterocycles. The number of carboxylic acids is 1. The highest BCUT2D eigenvalue weighted by Crippen LogP contribution is 2.06. The zero-order valence-corrected chi connectivity index (χ0v) is 18.2. The fraction of sp³-hybridized carbons (Fsp3) is 0.750. The average Bonchev–Trinajstić information content (AvgIpc) is 3.21. The number of carbonyl (C=O) groups excluding carboxylic acids is 3. The molecule has 1 fully saturated rings. The SMILES string of the molecule is CSCCC(NC(=O)C(CS)NC(=O)C1CCCN1)C(=O)NC(CS)C(=O)O. The molecular weight excluding hydrogens is 424 g/mol. The minimum Gasteiger partial charge on any atom is -0.480 e. The van der Waals surface area contributed by atoms with Crippen molar-refractivity contribution in [3.63, 3.8) is 0 Å². The topological polar surface area (TPSA) is 137 Å². The Morgan fingerprint density at radius 1 is 1.07 bits per heavy atom. The second-order valence-corrected chi connectivity index (χ2v) is 8.03. The molecule has 1 aliphatic rings. The largest absolute Gasteiger partial charge is 0.480 e. The number of thiol groups is 2. The molecule has 0 spiro atoms. The Balaban J connectivity index is 2.72. The van der Waals surface area contributed by atoms with E-state index in [1.165, 1.54) is 11.8 Å². The maximum Gasteiger partial charge on any atom is 0.327 e. The van der Waals surface area contributed by atoms with Gasteiger partial charge in [0.15, 0.2) is 0 Å². The fourth-order valence-electron chi connectivity index (χ4n) is 2.61. The van der Waals surface area contributed by atoms with Gasteiger partial charge >= 0.3 is 5.97 Å². The second-order valence-electron chi connectivity index (χ2n) is 6.32. The molecule has 0 aromatic carbocycles. The van der Waals surface area contributed by atoms with Crippen LogP contribution in [0.1, 0.15) is 19.3 Å². The van der Waals surface area contributed by atoms with Crippen molar-refractivity contribution in [2.45, 2.75) is 43.4 Å². The van der Waals surface area contributed by atoms with Gasteiger partial charge in [-0.25, -0.2) is 4.79 Å². The number of hydrogen-bond acceptors (Lipinski definition) is 8. The number of amides is 3. The maximum atomic E-state index is 12.6. The van der Waals surface area contributed by atoms with Crippen molar-refractivity contribution in [1.82, 2.24) is 21.3 Å². The van der Waals surface area contributed by atoms with Gasteiger partial charge in [0.05, 0.1) is 6.04 Å². The monoisotopic (exact) mass is 452 g/mol. The summed E-state index contributed by atoms with van der Waals surface area (Å²) in [5.41, 5.74) is 0. The summed E-state index contributed by atoms with van der Waals surface area (Å²) in [7, 11) is 0. The van der Waals surface area contributed by atoms with E-state index in [-0.39, 0.29) is 23.5 Å². The van der Waals surface area contributed by atoms with Crippen LogP contribution in [0.5, 0.6) is 0 Å². The molecule has 1 saturated heterocycles. The summed E-state index contributed by atoms with van der Waals surface area (Å²) in [6, 6.07) is -3.32. The lowest BCUT2D eigenvalue weighted by Crippen LogP contribution is -2.57. The summed E-state index contributed by atoms with van der Waals surface area (Å²) in [5.74, 6) is -2.06. The van der Waals surface area contributed by atoms with E-state index >= 15 is 0 Å². The van der Waals surface area contributed by atoms with Crippen LogP contribution in [0, 0.1) is 0 Å². The second kappa shape index (κ2) is 13.2. The van der Waals surface area contributed by atoms with E-state index in [9.17, 15) is 19.2 Å². The van der Waals surface area contributed by atoms with E-state index in [2.05, 4.69) is 46.5 Å². The maximum absolute atomic E-state index is 12.6. The van der Waals surface area contributed by atoms with Gasteiger partial charge in [0.2, 0.25) is 17.7 Å². The molecule has 9 nitrogen and oxygen atoms in total. The number of thioether (sulfide) groups is 1. The lowest BCUT2D eigenvalue weighted by Gasteiger charge is -2.24. The number of carbonyl (C=O) groups is 4. The molecule has 0 bridgehead atoms. The van der Waals surface area contributed by atoms with Crippen molar-refractivity contribution in [3.8, 4) is 0 Å². The Morgan fingerprint density at radius 2 is 1.68 bits per heavy atom. The molecule has 1 heterocycles. The average molecular weight is 453 g/mol. The zero-order valence-electron chi connectivity index (χ0n) is 15.6. The smallest absolute Gasteiger partial charge is 0.327 e. The van der Waals surface area contributed by atoms with Gasteiger partial charge in [-0.1, -0.05) is 0 Å². The Hall–Kier alpha value is -1.11. The van der Waals surface area contributed by atoms with Crippen LogP contribution in [-0.2, 0) is 19.2 Å². The standard InChI is InChI=1S/C16H28N4O5S3/c1-28-6-4-10(14(22)20-12(8-27)16(24)25)18-15(23)11(7-26)19-13(21)9-3-2-5-17-9/h9-12,17,26-27H,2-8H2,1H3,(H,18,23)(H,19,21)(H,20,22)(H,24,25). The van der Waals surface area contributed by atoms with Gasteiger partial charge in [-0.2, -0.15) is 37.0 Å². The van der Waals surface area contributed by atoms with Crippen molar-refractivity contribution in [1.29, 1.82) is 0 Å². The number of hydrogen-bond donors (Lipinski definition) is 7. The summed E-state index contributed by atoms with van der Waals surface area (Å²) in [6.45, 7) is 0.753. The van der Waals surface area contributed by atoms with Gasteiger partial charge in [-0.3, -0.25) is 14.4 Å². The fourth-order valence-corrected chi connectivity index (χ4v) is 3.59. The van der Waals surface area contributed by atoms with E-state index < -0.39 is 35.9 Å². The molecule has 1 rings (SSSR count). The van der Waals surface area contributed by atoms with Crippen LogP contribution in [0.25, 0.3) is 0 Å². The summed E-state index contributed by atoms with van der Waals surface area (Å²) in [5, 5.41) is 19.7. The van der Waals surface area contributed by atoms with Crippen molar-refractivity contribution in [3.05, 3.63) is 0 Å². The normalized spacial score (nSPS) is 19.3. The van der Waals surface area contributed by atoms with Crippen molar-refractivity contribution in [2.24, 2.45) is 0 Å². The minimum atomic E-state index is -1.21. The van der Waals surface area contributed by atoms with Gasteiger partial charge in [0.1, 0.15) is 18.1 Å². The third-order valence-electron chi connectivity index (χ3n) is 4.23. The molecule has 0 radical (unpaired) electrons. The molecular formula is C16H28N4O5S3. The Bertz CT molecular complexity index is 560. The van der Waals surface area contributed by atoms with Crippen LogP contribution >= 0.6 is 37.0 Å². The molecule has 1 aliphatic heterocycles. The van der Waals surface area contributed by atoms with E-state index in [0.717, 1.165) is 13.0 Å². The molecule has 5 N–H and O–H groups in total. The highest BCUT2D eigenvalue weighted by atomic mass is 32.2. The van der Waals surface area contributed by atoms with Crippen molar-refractivity contribution in [2.75, 3.05) is 30.1 Å². The van der Waals surface area contributed by atoms with Crippen LogP contribution in [0.2, 0.25) is 0 Å². The molecule has 0 aliphatic carbocycles. The van der Waals surface area contributed by atoms with Gasteiger partial charge < -0.3 is 26.4 Å². The Kier molecular flexibility index (Phi) is 11.7. The van der Waals surface area contributed by atoms with Crippen LogP contribution < -0.4 is 21.3 Å². The van der Waals surface area contributed by atoms with Crippen LogP contribution in [0.3, 0.4) is 0 Å². The molecule has 160 valence electrons. The lowest BCUT2D eigenvalue weighted by atomic mass is 10.1. The molecule has 3 amide bonds. The minimum absolute atomic E-state index is 0.0650. The third kappa shape index (κ3) is 8.10. The van der Waals surface area contributed by atoms with E-state index in [0.29, 0.717) is 18.6 Å². The summed E-state index contributed by atoms with van der Waals surface area (Å²) < 4.78 is 0. The number of rotatable bonds is 12. The zero-order chi connectivity index (χ0) is 21.1. The van der Waals surface area contributed by atoms with Crippen molar-refractivity contribution < 1.29 is 24.3 Å². The number of aliphatic carboxylic acids is 1. The van der Waals surface area contributed by atoms with Crippen LogP contribution in [0.4, 0.5) is 0 Å². The van der Waals surface area contributed by atoms with E-state index in [4.69, 9.17) is 5.11 Å². The molecule has 0 aromatic rings.